The Morgan fingerprint density at radius 3 is 2.44 bits per heavy atom. The maximum Gasteiger partial charge on any atom is 0.338 e. The number of benzene rings is 1. The number of ether oxygens (including phenoxy) is 1. The number of carbonyl (C=O) groups excluding carboxylic acids is 1. The van der Waals surface area contributed by atoms with Crippen LogP contribution in [0.15, 0.2) is 24.3 Å². The third-order valence-electron chi connectivity index (χ3n) is 2.16. The van der Waals surface area contributed by atoms with Crippen molar-refractivity contribution < 1.29 is 9.53 Å². The number of nitrogens with two attached hydrogens (primary N) is 1. The van der Waals surface area contributed by atoms with Crippen molar-refractivity contribution in [2.75, 3.05) is 6.61 Å². The number of esters is 1. The Balaban J connectivity index is 0.00000225. The molecule has 0 saturated carbocycles. The van der Waals surface area contributed by atoms with Gasteiger partial charge >= 0.3 is 5.97 Å². The van der Waals surface area contributed by atoms with Crippen LogP contribution in [-0.4, -0.2) is 12.6 Å². The fourth-order valence-electron chi connectivity index (χ4n) is 1.17. The summed E-state index contributed by atoms with van der Waals surface area (Å²) < 4.78 is 5.07. The Morgan fingerprint density at radius 1 is 1.31 bits per heavy atom. The minimum atomic E-state index is -0.257. The Kier molecular flexibility index (Phi) is 7.60. The van der Waals surface area contributed by atoms with Gasteiger partial charge in [0.1, 0.15) is 0 Å². The summed E-state index contributed by atoms with van der Waals surface area (Å²) in [6.07, 6.45) is 1.94. The van der Waals surface area contributed by atoms with Gasteiger partial charge in [-0.1, -0.05) is 25.5 Å². The first kappa shape index (κ1) is 14.9. The highest BCUT2D eigenvalue weighted by atomic mass is 35.5. The zero-order valence-corrected chi connectivity index (χ0v) is 10.3. The molecule has 16 heavy (non-hydrogen) atoms. The van der Waals surface area contributed by atoms with Gasteiger partial charge in [0, 0.05) is 6.54 Å². The third-order valence-corrected chi connectivity index (χ3v) is 2.16. The highest BCUT2D eigenvalue weighted by molar-refractivity contribution is 5.89. The predicted molar refractivity (Wildman–Crippen MR) is 66.8 cm³/mol. The molecule has 0 fully saturated rings. The summed E-state index contributed by atoms with van der Waals surface area (Å²) in [5, 5.41) is 0. The van der Waals surface area contributed by atoms with Crippen molar-refractivity contribution in [1.29, 1.82) is 0 Å². The summed E-state index contributed by atoms with van der Waals surface area (Å²) in [5.74, 6) is -0.257. The lowest BCUT2D eigenvalue weighted by Gasteiger charge is -2.04. The van der Waals surface area contributed by atoms with E-state index < -0.39 is 0 Å². The molecule has 0 bridgehead atoms. The molecule has 0 aliphatic heterocycles. The molecular weight excluding hydrogens is 226 g/mol. The van der Waals surface area contributed by atoms with Crippen molar-refractivity contribution in [3.8, 4) is 0 Å². The lowest BCUT2D eigenvalue weighted by atomic mass is 10.1. The van der Waals surface area contributed by atoms with Crippen LogP contribution in [0.25, 0.3) is 0 Å². The van der Waals surface area contributed by atoms with Crippen molar-refractivity contribution in [2.45, 2.75) is 26.3 Å². The predicted octanol–water partition coefficient (Wildman–Crippen LogP) is 2.52. The van der Waals surface area contributed by atoms with Crippen LogP contribution in [0.2, 0.25) is 0 Å². The van der Waals surface area contributed by atoms with Crippen LogP contribution in [0.3, 0.4) is 0 Å². The highest BCUT2D eigenvalue weighted by Gasteiger charge is 2.05. The van der Waals surface area contributed by atoms with Gasteiger partial charge in [0.15, 0.2) is 0 Å². The molecule has 2 N–H and O–H groups in total. The zero-order chi connectivity index (χ0) is 11.1. The van der Waals surface area contributed by atoms with E-state index in [9.17, 15) is 4.79 Å². The molecule has 4 heteroatoms. The second kappa shape index (κ2) is 8.13. The Bertz CT molecular complexity index is 311. The van der Waals surface area contributed by atoms with Crippen molar-refractivity contribution in [3.05, 3.63) is 35.4 Å². The summed E-state index contributed by atoms with van der Waals surface area (Å²) >= 11 is 0. The topological polar surface area (TPSA) is 52.3 Å². The average Bonchev–Trinajstić information content (AvgIpc) is 2.29. The van der Waals surface area contributed by atoms with E-state index in [-0.39, 0.29) is 18.4 Å². The van der Waals surface area contributed by atoms with Crippen LogP contribution in [-0.2, 0) is 11.3 Å². The van der Waals surface area contributed by atoms with E-state index in [0.717, 1.165) is 18.4 Å². The number of halogens is 1. The lowest BCUT2D eigenvalue weighted by Crippen LogP contribution is -2.06. The van der Waals surface area contributed by atoms with Crippen molar-refractivity contribution in [1.82, 2.24) is 0 Å². The molecule has 1 aromatic carbocycles. The van der Waals surface area contributed by atoms with Gasteiger partial charge in [0.25, 0.3) is 0 Å². The SMILES string of the molecule is CCCCOC(=O)c1ccc(CN)cc1.Cl. The van der Waals surface area contributed by atoms with E-state index in [1.54, 1.807) is 12.1 Å². The van der Waals surface area contributed by atoms with Crippen molar-refractivity contribution in [3.63, 3.8) is 0 Å². The molecule has 0 amide bonds. The molecule has 0 heterocycles. The van der Waals surface area contributed by atoms with Crippen molar-refractivity contribution in [2.24, 2.45) is 5.73 Å². The van der Waals surface area contributed by atoms with Crippen LogP contribution in [0.4, 0.5) is 0 Å². The molecule has 0 aliphatic rings. The fraction of sp³-hybridized carbons (Fsp3) is 0.417. The van der Waals surface area contributed by atoms with E-state index in [4.69, 9.17) is 10.5 Å². The Labute approximate surface area is 102 Å². The standard InChI is InChI=1S/C12H17NO2.ClH/c1-2-3-8-15-12(14)11-6-4-10(9-13)5-7-11;/h4-7H,2-3,8-9,13H2,1H3;1H. The van der Waals surface area contributed by atoms with Crippen LogP contribution in [0.1, 0.15) is 35.7 Å². The molecule has 3 nitrogen and oxygen atoms in total. The molecule has 0 spiro atoms. The maximum atomic E-state index is 11.5. The molecule has 0 aromatic heterocycles. The van der Waals surface area contributed by atoms with Crippen LogP contribution >= 0.6 is 12.4 Å². The number of carbonyl (C=O) groups is 1. The quantitative estimate of drug-likeness (QED) is 0.639. The first-order valence-corrected chi connectivity index (χ1v) is 5.24. The molecule has 0 atom stereocenters. The molecule has 90 valence electrons. The van der Waals surface area contributed by atoms with Gasteiger partial charge in [-0.3, -0.25) is 0 Å². The highest BCUT2D eigenvalue weighted by Crippen LogP contribution is 2.05. The third kappa shape index (κ3) is 4.64. The normalized spacial score (nSPS) is 9.38. The van der Waals surface area contributed by atoms with E-state index in [1.807, 2.05) is 12.1 Å². The minimum absolute atomic E-state index is 0. The molecule has 0 unspecified atom stereocenters. The minimum Gasteiger partial charge on any atom is -0.462 e. The summed E-state index contributed by atoms with van der Waals surface area (Å²) in [6.45, 7) is 3.04. The first-order valence-electron chi connectivity index (χ1n) is 5.24. The monoisotopic (exact) mass is 243 g/mol. The van der Waals surface area contributed by atoms with Gasteiger partial charge in [0.05, 0.1) is 12.2 Å². The summed E-state index contributed by atoms with van der Waals surface area (Å²) in [7, 11) is 0. The van der Waals surface area contributed by atoms with Gasteiger partial charge in [-0.15, -0.1) is 12.4 Å². The molecular formula is C12H18ClNO2. The van der Waals surface area contributed by atoms with Gasteiger partial charge in [0.2, 0.25) is 0 Å². The van der Waals surface area contributed by atoms with Gasteiger partial charge in [-0.25, -0.2) is 4.79 Å². The molecule has 0 radical (unpaired) electrons. The molecule has 1 aromatic rings. The van der Waals surface area contributed by atoms with E-state index >= 15 is 0 Å². The number of hydrogen-bond acceptors (Lipinski definition) is 3. The number of rotatable bonds is 5. The summed E-state index contributed by atoms with van der Waals surface area (Å²) in [4.78, 5) is 11.5. The van der Waals surface area contributed by atoms with E-state index in [1.165, 1.54) is 0 Å². The second-order valence-corrected chi connectivity index (χ2v) is 3.39. The number of unbranched alkanes of at least 4 members (excludes halogenated alkanes) is 1. The van der Waals surface area contributed by atoms with Gasteiger partial charge in [-0.05, 0) is 24.1 Å². The molecule has 0 aliphatic carbocycles. The average molecular weight is 244 g/mol. The number of hydrogen-bond donors (Lipinski definition) is 1. The summed E-state index contributed by atoms with van der Waals surface area (Å²) in [6, 6.07) is 7.18. The fourth-order valence-corrected chi connectivity index (χ4v) is 1.17. The summed E-state index contributed by atoms with van der Waals surface area (Å²) in [5.41, 5.74) is 7.06. The van der Waals surface area contributed by atoms with E-state index in [0.29, 0.717) is 18.7 Å². The largest absolute Gasteiger partial charge is 0.462 e. The molecule has 0 saturated heterocycles. The Morgan fingerprint density at radius 2 is 1.94 bits per heavy atom. The van der Waals surface area contributed by atoms with Crippen LogP contribution in [0.5, 0.6) is 0 Å². The maximum absolute atomic E-state index is 11.5. The van der Waals surface area contributed by atoms with Crippen molar-refractivity contribution >= 4 is 18.4 Å². The Hall–Kier alpha value is -1.06. The smallest absolute Gasteiger partial charge is 0.338 e. The second-order valence-electron chi connectivity index (χ2n) is 3.39. The zero-order valence-electron chi connectivity index (χ0n) is 9.44. The van der Waals surface area contributed by atoms with Crippen LogP contribution < -0.4 is 5.73 Å². The van der Waals surface area contributed by atoms with Crippen LogP contribution in [0, 0.1) is 0 Å². The lowest BCUT2D eigenvalue weighted by molar-refractivity contribution is 0.0500. The van der Waals surface area contributed by atoms with Gasteiger partial charge in [-0.2, -0.15) is 0 Å². The van der Waals surface area contributed by atoms with E-state index in [2.05, 4.69) is 6.92 Å². The van der Waals surface area contributed by atoms with Gasteiger partial charge < -0.3 is 10.5 Å². The first-order chi connectivity index (χ1) is 7.27. The molecule has 1 rings (SSSR count).